The van der Waals surface area contributed by atoms with E-state index < -0.39 is 0 Å². The van der Waals surface area contributed by atoms with E-state index >= 15 is 0 Å². The predicted molar refractivity (Wildman–Crippen MR) is 390 cm³/mol. The average Bonchev–Trinajstić information content (AvgIpc) is 0.729. The smallest absolute Gasteiger partial charge is 0.126 e. The minimum Gasteiger partial charge on any atom is -0.493 e. The lowest BCUT2D eigenvalue weighted by atomic mass is 9.42. The molecule has 4 aromatic rings. The third kappa shape index (κ3) is 11.2. The molecule has 0 heterocycles. The second kappa shape index (κ2) is 24.9. The van der Waals surface area contributed by atoms with Gasteiger partial charge in [-0.1, -0.05) is 76.2 Å². The summed E-state index contributed by atoms with van der Waals surface area (Å²) in [6.45, 7) is 15.1. The molecule has 21 rings (SSSR count). The molecule has 520 valence electrons. The standard InChI is InChI=1S/C88H124N4O4/c1-5-17-93-77-65-25-67-31-74(86-47-59-22-60(48-86)40-82(39-59,54-86)10-14-90)33-69(78(67)94-18-6-2)27-71-35-76(88-51-63-24-64(52-88)44-84(43-63,56-88)12-16-92)36-72(80(71)96-20-8-4)28-70-34-75(87-49-61-23-62(50-87)42-83(41-61,55-87)11-15-91)32-68(79(70)95-19-7-3)26-66(77)30-73(29-65)85-45-57-21-58(46-85)38-81(37-57,53-85)9-13-89/h29-36,57-64H,5-28,37-56,89-92H2,1-4H3/t57-,58+,59-,60+,61-,62+,63-,64+,81?,82?,83?,84?,85?,86?,87?,88?. The molecule has 8 nitrogen and oxygen atoms in total. The summed E-state index contributed by atoms with van der Waals surface area (Å²) in [7, 11) is 0. The molecule has 16 saturated carbocycles. The van der Waals surface area contributed by atoms with Crippen molar-refractivity contribution in [2.24, 2.45) is 91.9 Å². The van der Waals surface area contributed by atoms with E-state index in [0.717, 1.165) is 174 Å². The Morgan fingerprint density at radius 3 is 0.615 bits per heavy atom. The van der Waals surface area contributed by atoms with Crippen LogP contribution in [-0.4, -0.2) is 52.6 Å². The number of benzene rings is 4. The highest BCUT2D eigenvalue weighted by Crippen LogP contribution is 2.72. The summed E-state index contributed by atoms with van der Waals surface area (Å²) in [6.07, 6.45) is 43.3. The molecule has 0 aliphatic heterocycles. The highest BCUT2D eigenvalue weighted by atomic mass is 16.5. The third-order valence-electron chi connectivity index (χ3n) is 30.2. The number of hydrogen-bond donors (Lipinski definition) is 4. The Kier molecular flexibility index (Phi) is 16.9. The molecule has 0 amide bonds. The molecule has 0 saturated heterocycles. The van der Waals surface area contributed by atoms with E-state index in [1.807, 2.05) is 0 Å². The van der Waals surface area contributed by atoms with E-state index in [1.54, 1.807) is 22.3 Å². The van der Waals surface area contributed by atoms with Crippen molar-refractivity contribution in [3.8, 4) is 23.0 Å². The maximum absolute atomic E-state index is 7.60. The van der Waals surface area contributed by atoms with E-state index in [1.165, 1.54) is 199 Å². The number of fused-ring (bicyclic) bond motifs is 8. The quantitative estimate of drug-likeness (QED) is 0.0479. The molecule has 16 fully saturated rings. The fraction of sp³-hybridized carbons (Fsp3) is 0.727. The average molecular weight is 1300 g/mol. The van der Waals surface area contributed by atoms with Crippen LogP contribution in [0.4, 0.5) is 0 Å². The SMILES string of the molecule is CCCOc1c2cc(C34C[C@@H]5C[C@@H](CC(CCN)(C5)C3)C4)cc1Cc1cc(C34C[C@@H]5C[C@@H](CC(CCN)(C5)C3)C4)cc(c1OCCC)Cc1cc(C34C[C@@H]5C[C@@H](CC(CCN)(C5)C3)C4)cc(c1OCCC)Cc1cc(C34C[C@@H]5C[C@@H](CC(CCN)(C5)C3)C4)cc(c1OCCC)C2. The topological polar surface area (TPSA) is 141 Å². The van der Waals surface area contributed by atoms with Crippen LogP contribution in [0.1, 0.15) is 300 Å². The van der Waals surface area contributed by atoms with Crippen molar-refractivity contribution in [1.82, 2.24) is 0 Å². The molecule has 0 spiro atoms. The molecular weight excluding hydrogens is 1180 g/mol. The summed E-state index contributed by atoms with van der Waals surface area (Å²) in [4.78, 5) is 0. The predicted octanol–water partition coefficient (Wildman–Crippen LogP) is 18.3. The van der Waals surface area contributed by atoms with Gasteiger partial charge in [0, 0.05) is 25.7 Å². The van der Waals surface area contributed by atoms with Gasteiger partial charge in [-0.3, -0.25) is 0 Å². The lowest BCUT2D eigenvalue weighted by Crippen LogP contribution is -2.54. The van der Waals surface area contributed by atoms with Crippen LogP contribution in [0.2, 0.25) is 0 Å². The van der Waals surface area contributed by atoms with Crippen LogP contribution >= 0.6 is 0 Å². The van der Waals surface area contributed by atoms with Gasteiger partial charge in [-0.05, 0) is 389 Å². The van der Waals surface area contributed by atoms with Crippen LogP contribution in [-0.2, 0) is 47.3 Å². The zero-order valence-corrected chi connectivity index (χ0v) is 60.3. The van der Waals surface area contributed by atoms with Gasteiger partial charge < -0.3 is 41.9 Å². The fourth-order valence-electron chi connectivity index (χ4n) is 29.2. The molecule has 0 aromatic heterocycles. The lowest BCUT2D eigenvalue weighted by molar-refractivity contribution is -0.0751. The molecule has 0 radical (unpaired) electrons. The van der Waals surface area contributed by atoms with E-state index in [0.29, 0.717) is 48.1 Å². The monoisotopic (exact) mass is 1300 g/mol. The first-order valence-corrected chi connectivity index (χ1v) is 40.6. The van der Waals surface area contributed by atoms with Gasteiger partial charge in [-0.25, -0.2) is 0 Å². The van der Waals surface area contributed by atoms with E-state index in [2.05, 4.69) is 76.2 Å². The Hall–Kier alpha value is -4.08. The van der Waals surface area contributed by atoms with Crippen LogP contribution in [0, 0.1) is 69.0 Å². The molecule has 8 unspecified atom stereocenters. The highest BCUT2D eigenvalue weighted by molar-refractivity contribution is 5.61. The number of hydrogen-bond acceptors (Lipinski definition) is 8. The van der Waals surface area contributed by atoms with Gasteiger partial charge in [-0.15, -0.1) is 0 Å². The minimum atomic E-state index is 0.110. The summed E-state index contributed by atoms with van der Waals surface area (Å²) in [6, 6.07) is 22.1. The normalized spacial score (nSPS) is 38.2. The van der Waals surface area contributed by atoms with Crippen LogP contribution in [0.15, 0.2) is 48.5 Å². The second-order valence-electron chi connectivity index (χ2n) is 37.7. The van der Waals surface area contributed by atoms with Crippen molar-refractivity contribution in [3.63, 3.8) is 0 Å². The molecule has 96 heavy (non-hydrogen) atoms. The van der Waals surface area contributed by atoms with Crippen molar-refractivity contribution in [2.45, 2.75) is 281 Å². The van der Waals surface area contributed by atoms with Crippen molar-refractivity contribution < 1.29 is 18.9 Å². The van der Waals surface area contributed by atoms with Gasteiger partial charge in [-0.2, -0.15) is 0 Å². The Balaban J connectivity index is 0.939. The Labute approximate surface area is 579 Å². The third-order valence-corrected chi connectivity index (χ3v) is 30.2. The van der Waals surface area contributed by atoms with E-state index in [9.17, 15) is 0 Å². The van der Waals surface area contributed by atoms with Crippen LogP contribution in [0.3, 0.4) is 0 Å². The lowest BCUT2D eigenvalue weighted by Gasteiger charge is -2.63. The van der Waals surface area contributed by atoms with Gasteiger partial charge >= 0.3 is 0 Å². The highest BCUT2D eigenvalue weighted by Gasteiger charge is 2.62. The minimum absolute atomic E-state index is 0.110. The van der Waals surface area contributed by atoms with Crippen molar-refractivity contribution >= 4 is 0 Å². The van der Waals surface area contributed by atoms with Gasteiger partial charge in [0.25, 0.3) is 0 Å². The van der Waals surface area contributed by atoms with Crippen LogP contribution in [0.25, 0.3) is 0 Å². The number of rotatable bonds is 24. The first-order chi connectivity index (χ1) is 46.6. The zero-order valence-electron chi connectivity index (χ0n) is 60.3. The fourth-order valence-corrected chi connectivity index (χ4v) is 29.2. The van der Waals surface area contributed by atoms with Crippen molar-refractivity contribution in [2.75, 3.05) is 52.6 Å². The van der Waals surface area contributed by atoms with Crippen LogP contribution < -0.4 is 41.9 Å². The summed E-state index contributed by atoms with van der Waals surface area (Å²) in [5.74, 6) is 10.6. The first-order valence-electron chi connectivity index (χ1n) is 40.6. The number of ether oxygens (including phenoxy) is 4. The molecule has 4 aromatic carbocycles. The largest absolute Gasteiger partial charge is 0.493 e. The molecule has 8 heteroatoms. The molecule has 24 bridgehead atoms. The van der Waals surface area contributed by atoms with Gasteiger partial charge in [0.2, 0.25) is 0 Å². The zero-order chi connectivity index (χ0) is 65.5. The summed E-state index contributed by atoms with van der Waals surface area (Å²) >= 11 is 0. The first kappa shape index (κ1) is 65.2. The molecule has 16 atom stereocenters. The molecule has 8 N–H and O–H groups in total. The summed E-state index contributed by atoms with van der Waals surface area (Å²) in [5, 5.41) is 0. The van der Waals surface area contributed by atoms with Crippen molar-refractivity contribution in [1.29, 1.82) is 0 Å². The summed E-state index contributed by atoms with van der Waals surface area (Å²) in [5.41, 5.74) is 45.8. The summed E-state index contributed by atoms with van der Waals surface area (Å²) < 4.78 is 30.4. The Morgan fingerprint density at radius 1 is 0.281 bits per heavy atom. The van der Waals surface area contributed by atoms with E-state index in [-0.39, 0.29) is 21.7 Å². The molecule has 17 aliphatic carbocycles. The Bertz CT molecular complexity index is 2970. The van der Waals surface area contributed by atoms with Gasteiger partial charge in [0.05, 0.1) is 26.4 Å². The maximum Gasteiger partial charge on any atom is 0.126 e. The van der Waals surface area contributed by atoms with Crippen LogP contribution in [0.5, 0.6) is 23.0 Å². The maximum atomic E-state index is 7.60. The van der Waals surface area contributed by atoms with Gasteiger partial charge in [0.15, 0.2) is 0 Å². The van der Waals surface area contributed by atoms with Crippen molar-refractivity contribution in [3.05, 3.63) is 115 Å². The Morgan fingerprint density at radius 2 is 0.458 bits per heavy atom. The molecule has 17 aliphatic rings. The van der Waals surface area contributed by atoms with E-state index in [4.69, 9.17) is 41.9 Å². The molecular formula is C88H124N4O4. The second-order valence-corrected chi connectivity index (χ2v) is 37.7. The number of nitrogens with two attached hydrogens (primary N) is 4. The van der Waals surface area contributed by atoms with Gasteiger partial charge in [0.1, 0.15) is 23.0 Å².